The first kappa shape index (κ1) is 12.2. The highest BCUT2D eigenvalue weighted by Gasteiger charge is 2.18. The van der Waals surface area contributed by atoms with Gasteiger partial charge in [-0.3, -0.25) is 0 Å². The summed E-state index contributed by atoms with van der Waals surface area (Å²) in [4.78, 5) is 1.03. The van der Waals surface area contributed by atoms with Crippen LogP contribution >= 0.6 is 11.3 Å². The quantitative estimate of drug-likeness (QED) is 0.875. The molecule has 0 fully saturated rings. The minimum atomic E-state index is -0.548. The average Bonchev–Trinajstić information content (AvgIpc) is 2.80. The highest BCUT2D eigenvalue weighted by molar-refractivity contribution is 7.10. The van der Waals surface area contributed by atoms with E-state index in [1.165, 1.54) is 12.1 Å². The maximum absolute atomic E-state index is 13.7. The van der Waals surface area contributed by atoms with E-state index in [-0.39, 0.29) is 6.04 Å². The Hall–Kier alpha value is -1.26. The molecule has 0 saturated carbocycles. The van der Waals surface area contributed by atoms with Crippen LogP contribution in [-0.2, 0) is 0 Å². The molecule has 1 aromatic carbocycles. The highest BCUT2D eigenvalue weighted by Crippen LogP contribution is 2.28. The summed E-state index contributed by atoms with van der Waals surface area (Å²) in [6, 6.07) is 7.37. The Labute approximate surface area is 103 Å². The van der Waals surface area contributed by atoms with Crippen LogP contribution in [0.15, 0.2) is 35.7 Å². The summed E-state index contributed by atoms with van der Waals surface area (Å²) in [7, 11) is 0. The third-order valence-electron chi connectivity index (χ3n) is 2.51. The Bertz CT molecular complexity index is 482. The van der Waals surface area contributed by atoms with Gasteiger partial charge in [0.2, 0.25) is 0 Å². The van der Waals surface area contributed by atoms with Crippen molar-refractivity contribution in [1.82, 2.24) is 5.32 Å². The van der Waals surface area contributed by atoms with E-state index in [0.717, 1.165) is 17.5 Å². The van der Waals surface area contributed by atoms with Gasteiger partial charge in [-0.05, 0) is 24.1 Å². The van der Waals surface area contributed by atoms with Crippen LogP contribution in [0.25, 0.3) is 0 Å². The molecule has 1 unspecified atom stereocenters. The fraction of sp³-hybridized carbons (Fsp3) is 0.231. The second-order valence-electron chi connectivity index (χ2n) is 3.67. The van der Waals surface area contributed by atoms with Gasteiger partial charge in [0, 0.05) is 16.5 Å². The van der Waals surface area contributed by atoms with Gasteiger partial charge < -0.3 is 5.32 Å². The zero-order chi connectivity index (χ0) is 12.3. The van der Waals surface area contributed by atoms with Crippen molar-refractivity contribution in [1.29, 1.82) is 0 Å². The lowest BCUT2D eigenvalue weighted by atomic mass is 10.0. The van der Waals surface area contributed by atoms with Crippen LogP contribution in [-0.4, -0.2) is 6.54 Å². The van der Waals surface area contributed by atoms with Crippen LogP contribution in [0.4, 0.5) is 8.78 Å². The van der Waals surface area contributed by atoms with Crippen molar-refractivity contribution in [3.8, 4) is 0 Å². The molecule has 0 aliphatic rings. The summed E-state index contributed by atoms with van der Waals surface area (Å²) in [6.07, 6.45) is 0. The van der Waals surface area contributed by atoms with Crippen molar-refractivity contribution in [2.24, 2.45) is 0 Å². The molecule has 2 aromatic rings. The molecular formula is C13H13F2NS. The van der Waals surface area contributed by atoms with Gasteiger partial charge in [0.15, 0.2) is 0 Å². The van der Waals surface area contributed by atoms with Gasteiger partial charge in [0.25, 0.3) is 0 Å². The van der Waals surface area contributed by atoms with Crippen LogP contribution in [0.5, 0.6) is 0 Å². The second kappa shape index (κ2) is 5.38. The lowest BCUT2D eigenvalue weighted by Crippen LogP contribution is -2.22. The third-order valence-corrected chi connectivity index (χ3v) is 3.45. The van der Waals surface area contributed by atoms with Crippen LogP contribution in [0.1, 0.15) is 23.4 Å². The SMILES string of the molecule is CCNC(c1cccs1)c1ccc(F)cc1F. The van der Waals surface area contributed by atoms with Crippen molar-refractivity contribution >= 4 is 11.3 Å². The zero-order valence-electron chi connectivity index (χ0n) is 9.41. The predicted octanol–water partition coefficient (Wildman–Crippen LogP) is 3.73. The second-order valence-corrected chi connectivity index (χ2v) is 4.65. The maximum Gasteiger partial charge on any atom is 0.131 e. The molecule has 1 N–H and O–H groups in total. The molecule has 2 rings (SSSR count). The smallest absolute Gasteiger partial charge is 0.131 e. The molecule has 0 radical (unpaired) electrons. The number of hydrogen-bond acceptors (Lipinski definition) is 2. The van der Waals surface area contributed by atoms with Gasteiger partial charge in [-0.1, -0.05) is 19.1 Å². The van der Waals surface area contributed by atoms with E-state index in [4.69, 9.17) is 0 Å². The summed E-state index contributed by atoms with van der Waals surface area (Å²) in [5.41, 5.74) is 0.482. The molecule has 4 heteroatoms. The van der Waals surface area contributed by atoms with Crippen LogP contribution in [0, 0.1) is 11.6 Å². The molecule has 1 nitrogen and oxygen atoms in total. The molecule has 17 heavy (non-hydrogen) atoms. The maximum atomic E-state index is 13.7. The topological polar surface area (TPSA) is 12.0 Å². The van der Waals surface area contributed by atoms with Crippen molar-refractivity contribution in [2.75, 3.05) is 6.54 Å². The third kappa shape index (κ3) is 2.70. The monoisotopic (exact) mass is 253 g/mol. The summed E-state index contributed by atoms with van der Waals surface area (Å²) in [5, 5.41) is 5.16. The minimum Gasteiger partial charge on any atom is -0.306 e. The molecular weight excluding hydrogens is 240 g/mol. The highest BCUT2D eigenvalue weighted by atomic mass is 32.1. The number of halogens is 2. The number of benzene rings is 1. The van der Waals surface area contributed by atoms with Crippen molar-refractivity contribution in [3.63, 3.8) is 0 Å². The molecule has 0 aliphatic heterocycles. The van der Waals surface area contributed by atoms with Gasteiger partial charge in [-0.2, -0.15) is 0 Å². The largest absolute Gasteiger partial charge is 0.306 e. The normalized spacial score (nSPS) is 12.6. The molecule has 0 bridgehead atoms. The number of nitrogens with one attached hydrogen (secondary N) is 1. The molecule has 0 spiro atoms. The summed E-state index contributed by atoms with van der Waals surface area (Å²) in [5.74, 6) is -1.06. The molecule has 1 heterocycles. The lowest BCUT2D eigenvalue weighted by molar-refractivity contribution is 0.544. The van der Waals surface area contributed by atoms with Crippen LogP contribution < -0.4 is 5.32 Å². The Morgan fingerprint density at radius 1 is 1.29 bits per heavy atom. The van der Waals surface area contributed by atoms with E-state index in [9.17, 15) is 8.78 Å². The minimum absolute atomic E-state index is 0.208. The number of rotatable bonds is 4. The van der Waals surface area contributed by atoms with E-state index < -0.39 is 11.6 Å². The van der Waals surface area contributed by atoms with Gasteiger partial charge in [-0.15, -0.1) is 11.3 Å². The Kier molecular flexibility index (Phi) is 3.86. The van der Waals surface area contributed by atoms with E-state index in [1.54, 1.807) is 11.3 Å². The van der Waals surface area contributed by atoms with E-state index in [1.807, 2.05) is 24.4 Å². The molecule has 90 valence electrons. The molecule has 0 aliphatic carbocycles. The Balaban J connectivity index is 2.39. The fourth-order valence-electron chi connectivity index (χ4n) is 1.76. The standard InChI is InChI=1S/C13H13F2NS/c1-2-16-13(12-4-3-7-17-12)10-6-5-9(14)8-11(10)15/h3-8,13,16H,2H2,1H3. The van der Waals surface area contributed by atoms with Gasteiger partial charge in [-0.25, -0.2) is 8.78 Å². The first-order valence-corrected chi connectivity index (χ1v) is 6.32. The average molecular weight is 253 g/mol. The Morgan fingerprint density at radius 3 is 2.71 bits per heavy atom. The molecule has 0 saturated heterocycles. The van der Waals surface area contributed by atoms with Gasteiger partial charge in [0.05, 0.1) is 6.04 Å². The lowest BCUT2D eigenvalue weighted by Gasteiger charge is -2.17. The summed E-state index contributed by atoms with van der Waals surface area (Å²) < 4.78 is 26.6. The van der Waals surface area contributed by atoms with Crippen molar-refractivity contribution < 1.29 is 8.78 Å². The van der Waals surface area contributed by atoms with Crippen LogP contribution in [0.3, 0.4) is 0 Å². The fourth-order valence-corrected chi connectivity index (χ4v) is 2.58. The first-order chi connectivity index (χ1) is 8.22. The first-order valence-electron chi connectivity index (χ1n) is 5.44. The van der Waals surface area contributed by atoms with Crippen molar-refractivity contribution in [2.45, 2.75) is 13.0 Å². The van der Waals surface area contributed by atoms with Gasteiger partial charge >= 0.3 is 0 Å². The number of thiophene rings is 1. The Morgan fingerprint density at radius 2 is 2.12 bits per heavy atom. The molecule has 1 aromatic heterocycles. The van der Waals surface area contributed by atoms with Crippen molar-refractivity contribution in [3.05, 3.63) is 57.8 Å². The molecule has 0 amide bonds. The summed E-state index contributed by atoms with van der Waals surface area (Å²) >= 11 is 1.56. The predicted molar refractivity (Wildman–Crippen MR) is 66.2 cm³/mol. The zero-order valence-corrected chi connectivity index (χ0v) is 10.2. The number of hydrogen-bond donors (Lipinski definition) is 1. The molecule has 1 atom stereocenters. The van der Waals surface area contributed by atoms with E-state index in [0.29, 0.717) is 5.56 Å². The van der Waals surface area contributed by atoms with Gasteiger partial charge in [0.1, 0.15) is 11.6 Å². The summed E-state index contributed by atoms with van der Waals surface area (Å²) in [6.45, 7) is 2.68. The van der Waals surface area contributed by atoms with E-state index in [2.05, 4.69) is 5.32 Å². The van der Waals surface area contributed by atoms with E-state index >= 15 is 0 Å². The van der Waals surface area contributed by atoms with Crippen LogP contribution in [0.2, 0.25) is 0 Å².